The van der Waals surface area contributed by atoms with Crippen LogP contribution in [0, 0.1) is 5.41 Å². The van der Waals surface area contributed by atoms with Crippen LogP contribution in [-0.2, 0) is 12.6 Å². The summed E-state index contributed by atoms with van der Waals surface area (Å²) in [6.07, 6.45) is -0.134. The minimum absolute atomic E-state index is 0.134. The topological polar surface area (TPSA) is 35.5 Å². The number of hydrogen-bond donors (Lipinski definition) is 0. The lowest BCUT2D eigenvalue weighted by molar-refractivity contribution is -0.147. The van der Waals surface area contributed by atoms with Crippen molar-refractivity contribution < 1.29 is 12.6 Å². The average Bonchev–Trinajstić information content (AvgIpc) is 2.01. The molecule has 0 aliphatic heterocycles. The van der Waals surface area contributed by atoms with Crippen molar-refractivity contribution >= 4 is 29.0 Å². The maximum absolute atomic E-state index is 11.1. The van der Waals surface area contributed by atoms with Gasteiger partial charge < -0.3 is 7.80 Å². The molecule has 0 spiro atoms. The van der Waals surface area contributed by atoms with Gasteiger partial charge in [0.1, 0.15) is 0 Å². The highest BCUT2D eigenvalue weighted by molar-refractivity contribution is 14.1. The number of carbonyl (C=O) groups excluding carboxylic acids is 1. The molecule has 66 valence electrons. The van der Waals surface area contributed by atoms with Crippen LogP contribution in [0.15, 0.2) is 0 Å². The second-order valence-corrected chi connectivity index (χ2v) is 3.40. The van der Waals surface area contributed by atoms with Crippen LogP contribution >= 0.6 is 23.0 Å². The summed E-state index contributed by atoms with van der Waals surface area (Å²) < 4.78 is 9.62. The van der Waals surface area contributed by atoms with Crippen LogP contribution in [0.3, 0.4) is 0 Å². The zero-order valence-electron chi connectivity index (χ0n) is 7.18. The number of ether oxygens (including phenoxy) is 1. The van der Waals surface area contributed by atoms with Crippen molar-refractivity contribution in [3.8, 4) is 0 Å². The smallest absolute Gasteiger partial charge is 0.323 e. The lowest BCUT2D eigenvalue weighted by Crippen LogP contribution is -2.36. The van der Waals surface area contributed by atoms with Gasteiger partial charge in [-0.2, -0.15) is 0 Å². The maximum atomic E-state index is 11.1. The summed E-state index contributed by atoms with van der Waals surface area (Å²) in [4.78, 5) is 11.1. The molecule has 0 aliphatic carbocycles. The predicted molar refractivity (Wildman–Crippen MR) is 50.4 cm³/mol. The molecule has 11 heavy (non-hydrogen) atoms. The Kier molecular flexibility index (Phi) is 4.31. The Balaban J connectivity index is 4.31. The van der Waals surface area contributed by atoms with Crippen LogP contribution in [0.1, 0.15) is 20.8 Å². The third kappa shape index (κ3) is 2.59. The van der Waals surface area contributed by atoms with Crippen molar-refractivity contribution in [2.75, 3.05) is 7.11 Å². The minimum Gasteiger partial charge on any atom is -0.394 e. The van der Waals surface area contributed by atoms with Crippen LogP contribution in [0.2, 0.25) is 0 Å². The fraction of sp³-hybridized carbons (Fsp3) is 0.857. The zero-order valence-corrected chi connectivity index (χ0v) is 9.34. The molecule has 4 heteroatoms. The van der Waals surface area contributed by atoms with Crippen LogP contribution < -0.4 is 0 Å². The van der Waals surface area contributed by atoms with Gasteiger partial charge in [0.15, 0.2) is 23.0 Å². The zero-order chi connectivity index (χ0) is 9.07. The quantitative estimate of drug-likeness (QED) is 0.736. The standard InChI is InChI=1S/C7H13IO3/c1-5(10-4)7(2,3)6(9)11-8/h5H,1-4H3. The van der Waals surface area contributed by atoms with E-state index in [2.05, 4.69) is 3.07 Å². The van der Waals surface area contributed by atoms with Gasteiger partial charge in [0.25, 0.3) is 0 Å². The highest BCUT2D eigenvalue weighted by Crippen LogP contribution is 2.25. The number of methoxy groups -OCH3 is 1. The van der Waals surface area contributed by atoms with E-state index in [-0.39, 0.29) is 12.1 Å². The minimum atomic E-state index is -0.573. The first-order valence-corrected chi connectivity index (χ1v) is 4.20. The lowest BCUT2D eigenvalue weighted by Gasteiger charge is -2.26. The molecule has 0 saturated heterocycles. The molecule has 0 radical (unpaired) electrons. The molecule has 0 amide bonds. The van der Waals surface area contributed by atoms with Gasteiger partial charge in [0, 0.05) is 7.11 Å². The number of carbonyl (C=O) groups is 1. The predicted octanol–water partition coefficient (Wildman–Crippen LogP) is 1.94. The van der Waals surface area contributed by atoms with E-state index < -0.39 is 5.41 Å². The summed E-state index contributed by atoms with van der Waals surface area (Å²) in [5.74, 6) is -0.257. The summed E-state index contributed by atoms with van der Waals surface area (Å²) in [6, 6.07) is 0. The Morgan fingerprint density at radius 2 is 2.00 bits per heavy atom. The average molecular weight is 272 g/mol. The maximum Gasteiger partial charge on any atom is 0.323 e. The molecule has 0 aromatic heterocycles. The monoisotopic (exact) mass is 272 g/mol. The van der Waals surface area contributed by atoms with Crippen LogP contribution in [-0.4, -0.2) is 19.2 Å². The number of hydrogen-bond acceptors (Lipinski definition) is 3. The van der Waals surface area contributed by atoms with Crippen molar-refractivity contribution in [3.63, 3.8) is 0 Å². The molecular weight excluding hydrogens is 259 g/mol. The molecule has 0 heterocycles. The highest BCUT2D eigenvalue weighted by Gasteiger charge is 2.35. The summed E-state index contributed by atoms with van der Waals surface area (Å²) >= 11 is 1.58. The van der Waals surface area contributed by atoms with Gasteiger partial charge in [-0.15, -0.1) is 0 Å². The van der Waals surface area contributed by atoms with Crippen molar-refractivity contribution in [2.45, 2.75) is 26.9 Å². The molecule has 0 aromatic carbocycles. The van der Waals surface area contributed by atoms with E-state index in [0.29, 0.717) is 0 Å². The van der Waals surface area contributed by atoms with Crippen LogP contribution in [0.5, 0.6) is 0 Å². The first-order chi connectivity index (χ1) is 4.96. The van der Waals surface area contributed by atoms with E-state index in [1.807, 2.05) is 6.92 Å². The molecule has 1 atom stereocenters. The second kappa shape index (κ2) is 4.25. The van der Waals surface area contributed by atoms with E-state index >= 15 is 0 Å². The normalized spacial score (nSPS) is 14.3. The van der Waals surface area contributed by atoms with E-state index in [9.17, 15) is 4.79 Å². The fourth-order valence-corrected chi connectivity index (χ4v) is 1.13. The Morgan fingerprint density at radius 3 is 2.27 bits per heavy atom. The first kappa shape index (κ1) is 11.2. The molecule has 0 rings (SSSR count). The van der Waals surface area contributed by atoms with E-state index in [1.54, 1.807) is 44.0 Å². The Labute approximate surface area is 81.1 Å². The molecule has 0 bridgehead atoms. The number of halogens is 1. The largest absolute Gasteiger partial charge is 0.394 e. The van der Waals surface area contributed by atoms with Gasteiger partial charge in [-0.1, -0.05) is 0 Å². The van der Waals surface area contributed by atoms with Crippen molar-refractivity contribution in [1.29, 1.82) is 0 Å². The van der Waals surface area contributed by atoms with E-state index in [0.717, 1.165) is 0 Å². The van der Waals surface area contributed by atoms with Gasteiger partial charge in [0.2, 0.25) is 0 Å². The van der Waals surface area contributed by atoms with Gasteiger partial charge in [-0.3, -0.25) is 4.79 Å². The van der Waals surface area contributed by atoms with Crippen LogP contribution in [0.4, 0.5) is 0 Å². The number of rotatable bonds is 3. The Morgan fingerprint density at radius 1 is 1.55 bits per heavy atom. The summed E-state index contributed by atoms with van der Waals surface area (Å²) in [5.41, 5.74) is -0.573. The van der Waals surface area contributed by atoms with Crippen molar-refractivity contribution in [2.24, 2.45) is 5.41 Å². The summed E-state index contributed by atoms with van der Waals surface area (Å²) in [7, 11) is 1.58. The molecule has 0 aromatic rings. The molecule has 0 aliphatic rings. The van der Waals surface area contributed by atoms with Crippen molar-refractivity contribution in [1.82, 2.24) is 0 Å². The molecule has 0 N–H and O–H groups in total. The third-order valence-corrected chi connectivity index (χ3v) is 2.37. The Bertz CT molecular complexity index is 145. The summed E-state index contributed by atoms with van der Waals surface area (Å²) in [6.45, 7) is 5.43. The summed E-state index contributed by atoms with van der Waals surface area (Å²) in [5, 5.41) is 0. The van der Waals surface area contributed by atoms with Gasteiger partial charge in [-0.25, -0.2) is 0 Å². The second-order valence-electron chi connectivity index (χ2n) is 2.96. The lowest BCUT2D eigenvalue weighted by atomic mass is 9.88. The highest BCUT2D eigenvalue weighted by atomic mass is 127. The molecule has 1 unspecified atom stereocenters. The fourth-order valence-electron chi connectivity index (χ4n) is 0.560. The van der Waals surface area contributed by atoms with Crippen LogP contribution in [0.25, 0.3) is 0 Å². The molecule has 3 nitrogen and oxygen atoms in total. The van der Waals surface area contributed by atoms with Gasteiger partial charge in [-0.05, 0) is 20.8 Å². The SMILES string of the molecule is COC(C)C(C)(C)C(=O)OI. The third-order valence-electron chi connectivity index (χ3n) is 1.97. The van der Waals surface area contributed by atoms with Gasteiger partial charge >= 0.3 is 5.97 Å². The molecular formula is C7H13IO3. The first-order valence-electron chi connectivity index (χ1n) is 3.32. The van der Waals surface area contributed by atoms with E-state index in [4.69, 9.17) is 4.74 Å². The Hall–Kier alpha value is 0.160. The molecule has 0 saturated carbocycles. The molecule has 0 fully saturated rings. The van der Waals surface area contributed by atoms with Gasteiger partial charge in [0.05, 0.1) is 11.5 Å². The van der Waals surface area contributed by atoms with E-state index in [1.165, 1.54) is 0 Å². The van der Waals surface area contributed by atoms with Crippen molar-refractivity contribution in [3.05, 3.63) is 0 Å².